The van der Waals surface area contributed by atoms with E-state index in [4.69, 9.17) is 23.8 Å². The summed E-state index contributed by atoms with van der Waals surface area (Å²) in [6, 6.07) is 11.8. The van der Waals surface area contributed by atoms with Gasteiger partial charge in [0, 0.05) is 17.6 Å². The van der Waals surface area contributed by atoms with Crippen LogP contribution in [0.1, 0.15) is 5.56 Å². The first-order valence-corrected chi connectivity index (χ1v) is 8.76. The van der Waals surface area contributed by atoms with Crippen LogP contribution in [0.15, 0.2) is 57.6 Å². The maximum Gasteiger partial charge on any atom is 0.265 e. The van der Waals surface area contributed by atoms with Gasteiger partial charge in [0.2, 0.25) is 0 Å². The Morgan fingerprint density at radius 3 is 2.56 bits per heavy atom. The first-order chi connectivity index (χ1) is 11.9. The minimum Gasteiger partial charge on any atom is -0.507 e. The highest BCUT2D eigenvalue weighted by Gasteiger charge is 2.28. The lowest BCUT2D eigenvalue weighted by molar-refractivity contribution is -0.121. The van der Waals surface area contributed by atoms with Crippen LogP contribution in [0.3, 0.4) is 0 Å². The molecule has 0 unspecified atom stereocenters. The van der Waals surface area contributed by atoms with Crippen LogP contribution in [0.2, 0.25) is 5.02 Å². The lowest BCUT2D eigenvalue weighted by Gasteiger charge is -2.04. The molecule has 25 heavy (non-hydrogen) atoms. The molecule has 126 valence electrons. The molecule has 2 aromatic rings. The number of hydrogen-bond donors (Lipinski definition) is 1. The molecule has 0 aromatic heterocycles. The molecule has 1 aliphatic rings. The van der Waals surface area contributed by atoms with Crippen LogP contribution in [-0.4, -0.2) is 27.3 Å². The number of rotatable bonds is 3. The van der Waals surface area contributed by atoms with Gasteiger partial charge in [-0.1, -0.05) is 41.6 Å². The van der Waals surface area contributed by atoms with Crippen molar-refractivity contribution < 1.29 is 9.90 Å². The van der Waals surface area contributed by atoms with Gasteiger partial charge in [-0.05, 0) is 42.5 Å². The topological polar surface area (TPSA) is 65.3 Å². The maximum absolute atomic E-state index is 12.1. The Morgan fingerprint density at radius 1 is 1.20 bits per heavy atom. The van der Waals surface area contributed by atoms with Crippen LogP contribution in [0.5, 0.6) is 5.75 Å². The number of carbonyl (C=O) groups is 1. The van der Waals surface area contributed by atoms with E-state index < -0.39 is 0 Å². The number of benzene rings is 2. The van der Waals surface area contributed by atoms with Gasteiger partial charge in [0.15, 0.2) is 0 Å². The highest BCUT2D eigenvalue weighted by Crippen LogP contribution is 2.34. The summed E-state index contributed by atoms with van der Waals surface area (Å²) in [5, 5.41) is 18.9. The minimum absolute atomic E-state index is 0.0445. The monoisotopic (exact) mass is 389 g/mol. The quantitative estimate of drug-likeness (QED) is 0.440. The number of azo groups is 1. The molecule has 1 saturated heterocycles. The van der Waals surface area contributed by atoms with Crippen molar-refractivity contribution >= 4 is 63.3 Å². The molecule has 2 aromatic carbocycles. The summed E-state index contributed by atoms with van der Waals surface area (Å²) in [6.45, 7) is 0. The second-order valence-electron chi connectivity index (χ2n) is 5.16. The zero-order chi connectivity index (χ0) is 18.0. The van der Waals surface area contributed by atoms with Crippen LogP contribution in [-0.2, 0) is 4.79 Å². The first kappa shape index (κ1) is 17.6. The Balaban J connectivity index is 1.89. The number of phenols is 1. The summed E-state index contributed by atoms with van der Waals surface area (Å²) in [6.07, 6.45) is 1.59. The van der Waals surface area contributed by atoms with Crippen molar-refractivity contribution in [2.24, 2.45) is 10.2 Å². The Kier molecular flexibility index (Phi) is 5.17. The van der Waals surface area contributed by atoms with E-state index in [1.165, 1.54) is 22.7 Å². The van der Waals surface area contributed by atoms with Crippen molar-refractivity contribution in [3.05, 3.63) is 58.0 Å². The second-order valence-corrected chi connectivity index (χ2v) is 7.28. The van der Waals surface area contributed by atoms with Gasteiger partial charge >= 0.3 is 0 Å². The van der Waals surface area contributed by atoms with Crippen molar-refractivity contribution in [3.63, 3.8) is 0 Å². The molecule has 1 heterocycles. The number of likely N-dealkylation sites (N-methyl/N-ethyl adjacent to an activating group) is 1. The van der Waals surface area contributed by atoms with Gasteiger partial charge in [0.25, 0.3) is 5.91 Å². The van der Waals surface area contributed by atoms with E-state index in [-0.39, 0.29) is 11.7 Å². The Bertz CT molecular complexity index is 928. The van der Waals surface area contributed by atoms with E-state index in [1.807, 2.05) is 0 Å². The standard InChI is InChI=1S/C17H12ClN3O2S2/c1-21-16(23)15(25-17(21)24)8-10-7-13(5-6-14(10)22)20-19-12-4-2-3-11(18)9-12/h2-9,22H,1H3/b15-8+,20-19?. The predicted octanol–water partition coefficient (Wildman–Crippen LogP) is 5.29. The van der Waals surface area contributed by atoms with E-state index in [0.29, 0.717) is 31.2 Å². The van der Waals surface area contributed by atoms with Crippen molar-refractivity contribution in [1.29, 1.82) is 0 Å². The van der Waals surface area contributed by atoms with E-state index in [1.54, 1.807) is 49.5 Å². The fraction of sp³-hybridized carbons (Fsp3) is 0.0588. The molecule has 0 atom stereocenters. The fourth-order valence-electron chi connectivity index (χ4n) is 2.06. The fourth-order valence-corrected chi connectivity index (χ4v) is 3.42. The first-order valence-electron chi connectivity index (χ1n) is 7.16. The van der Waals surface area contributed by atoms with E-state index in [2.05, 4.69) is 10.2 Å². The van der Waals surface area contributed by atoms with Crippen LogP contribution in [0.25, 0.3) is 6.08 Å². The maximum atomic E-state index is 12.1. The summed E-state index contributed by atoms with van der Waals surface area (Å²) in [7, 11) is 1.62. The van der Waals surface area contributed by atoms with Gasteiger partial charge < -0.3 is 5.11 Å². The molecular weight excluding hydrogens is 378 g/mol. The Labute approximate surface area is 159 Å². The average Bonchev–Trinajstić information content (AvgIpc) is 2.83. The molecule has 1 amide bonds. The average molecular weight is 390 g/mol. The van der Waals surface area contributed by atoms with Crippen LogP contribution < -0.4 is 0 Å². The molecule has 1 aliphatic heterocycles. The highest BCUT2D eigenvalue weighted by atomic mass is 35.5. The summed E-state index contributed by atoms with van der Waals surface area (Å²) < 4.78 is 0.479. The zero-order valence-electron chi connectivity index (χ0n) is 13.0. The second kappa shape index (κ2) is 7.35. The SMILES string of the molecule is CN1C(=O)/C(=C\c2cc(N=Nc3cccc(Cl)c3)ccc2O)SC1=S. The van der Waals surface area contributed by atoms with Crippen LogP contribution in [0.4, 0.5) is 11.4 Å². The molecule has 3 rings (SSSR count). The van der Waals surface area contributed by atoms with Crippen LogP contribution in [0, 0.1) is 0 Å². The summed E-state index contributed by atoms with van der Waals surface area (Å²) >= 11 is 12.2. The third-order valence-electron chi connectivity index (χ3n) is 3.37. The molecule has 0 spiro atoms. The number of carbonyl (C=O) groups excluding carboxylic acids is 1. The minimum atomic E-state index is -0.194. The van der Waals surface area contributed by atoms with Gasteiger partial charge in [0.05, 0.1) is 16.3 Å². The van der Waals surface area contributed by atoms with Gasteiger partial charge in [-0.15, -0.1) is 0 Å². The molecule has 0 radical (unpaired) electrons. The Morgan fingerprint density at radius 2 is 1.92 bits per heavy atom. The van der Waals surface area contributed by atoms with Gasteiger partial charge in [-0.25, -0.2) is 0 Å². The number of hydrogen-bond acceptors (Lipinski definition) is 6. The van der Waals surface area contributed by atoms with Gasteiger partial charge in [-0.2, -0.15) is 10.2 Å². The number of aromatic hydroxyl groups is 1. The number of phenolic OH excluding ortho intramolecular Hbond substituents is 1. The molecule has 0 bridgehead atoms. The van der Waals surface area contributed by atoms with E-state index in [0.717, 1.165) is 0 Å². The van der Waals surface area contributed by atoms with E-state index in [9.17, 15) is 9.90 Å². The van der Waals surface area contributed by atoms with Crippen molar-refractivity contribution in [2.45, 2.75) is 0 Å². The molecule has 1 fully saturated rings. The molecule has 0 saturated carbocycles. The molecule has 8 heteroatoms. The van der Waals surface area contributed by atoms with Crippen LogP contribution >= 0.6 is 35.6 Å². The number of thioether (sulfide) groups is 1. The largest absolute Gasteiger partial charge is 0.507 e. The van der Waals surface area contributed by atoms with E-state index >= 15 is 0 Å². The van der Waals surface area contributed by atoms with Crippen molar-refractivity contribution in [3.8, 4) is 5.75 Å². The molecule has 5 nitrogen and oxygen atoms in total. The summed E-state index contributed by atoms with van der Waals surface area (Å²) in [4.78, 5) is 13.9. The smallest absolute Gasteiger partial charge is 0.265 e. The lowest BCUT2D eigenvalue weighted by Crippen LogP contribution is -2.22. The number of nitrogens with zero attached hydrogens (tertiary/aromatic N) is 3. The molecule has 0 aliphatic carbocycles. The predicted molar refractivity (Wildman–Crippen MR) is 105 cm³/mol. The number of halogens is 1. The van der Waals surface area contributed by atoms with Gasteiger partial charge in [0.1, 0.15) is 10.1 Å². The third kappa shape index (κ3) is 4.07. The zero-order valence-corrected chi connectivity index (χ0v) is 15.4. The summed E-state index contributed by atoms with van der Waals surface area (Å²) in [5.41, 5.74) is 1.63. The Hall–Kier alpha value is -2.22. The molecular formula is C17H12ClN3O2S2. The number of thiocarbonyl (C=S) groups is 1. The van der Waals surface area contributed by atoms with Crippen molar-refractivity contribution in [1.82, 2.24) is 4.90 Å². The third-order valence-corrected chi connectivity index (χ3v) is 5.09. The highest BCUT2D eigenvalue weighted by molar-refractivity contribution is 8.26. The molecule has 1 N–H and O–H groups in total. The number of amides is 1. The normalized spacial score (nSPS) is 16.4. The lowest BCUT2D eigenvalue weighted by atomic mass is 10.1. The van der Waals surface area contributed by atoms with Crippen molar-refractivity contribution in [2.75, 3.05) is 7.05 Å². The summed E-state index contributed by atoms with van der Waals surface area (Å²) in [5.74, 6) is -0.150. The van der Waals surface area contributed by atoms with Gasteiger partial charge in [-0.3, -0.25) is 9.69 Å².